The Bertz CT molecular complexity index is 739. The van der Waals surface area contributed by atoms with Gasteiger partial charge >= 0.3 is 5.97 Å². The van der Waals surface area contributed by atoms with Gasteiger partial charge in [0.1, 0.15) is 11.4 Å². The Labute approximate surface area is 128 Å². The second-order valence-electron chi connectivity index (χ2n) is 4.18. The average molecular weight is 389 g/mol. The third-order valence-electron chi connectivity index (χ3n) is 3.02. The zero-order valence-corrected chi connectivity index (χ0v) is 13.2. The summed E-state index contributed by atoms with van der Waals surface area (Å²) in [5.41, 5.74) is 0.372. The third-order valence-corrected chi connectivity index (χ3v) is 3.80. The molecule has 2 rings (SSSR count). The van der Waals surface area contributed by atoms with E-state index in [0.717, 1.165) is 0 Å². The number of benzene rings is 1. The van der Waals surface area contributed by atoms with Gasteiger partial charge in [0.25, 0.3) is 0 Å². The number of esters is 1. The van der Waals surface area contributed by atoms with Crippen LogP contribution in [0.3, 0.4) is 0 Å². The Morgan fingerprint density at radius 2 is 2.15 bits per heavy atom. The van der Waals surface area contributed by atoms with Crippen molar-refractivity contribution in [1.82, 2.24) is 4.98 Å². The number of carbonyl (C=O) groups is 1. The lowest BCUT2D eigenvalue weighted by Gasteiger charge is -2.09. The third kappa shape index (κ3) is 2.44. The van der Waals surface area contributed by atoms with E-state index in [9.17, 15) is 14.0 Å². The molecule has 1 aromatic heterocycles. The number of rotatable bonds is 3. The number of hydrogen-bond acceptors (Lipinski definition) is 3. The van der Waals surface area contributed by atoms with Crippen LogP contribution in [-0.2, 0) is 11.2 Å². The monoisotopic (exact) mass is 389 g/mol. The zero-order chi connectivity index (χ0) is 14.9. The number of aromatic nitrogens is 1. The first-order chi connectivity index (χ1) is 9.51. The number of aromatic amines is 1. The molecule has 0 radical (unpaired) electrons. The van der Waals surface area contributed by atoms with Crippen molar-refractivity contribution in [2.75, 3.05) is 6.61 Å². The number of fused-ring (bicyclic) bond motifs is 1. The highest BCUT2D eigenvalue weighted by Crippen LogP contribution is 2.23. The molecule has 0 aliphatic heterocycles. The van der Waals surface area contributed by atoms with Crippen molar-refractivity contribution in [3.63, 3.8) is 0 Å². The van der Waals surface area contributed by atoms with Crippen molar-refractivity contribution in [3.05, 3.63) is 43.0 Å². The summed E-state index contributed by atoms with van der Waals surface area (Å²) in [6, 6.07) is 1.45. The quantitative estimate of drug-likeness (QED) is 0.649. The maximum absolute atomic E-state index is 14.0. The van der Waals surface area contributed by atoms with Crippen LogP contribution in [0.1, 0.15) is 29.8 Å². The lowest BCUT2D eigenvalue weighted by atomic mass is 10.1. The molecule has 20 heavy (non-hydrogen) atoms. The van der Waals surface area contributed by atoms with Crippen LogP contribution in [0.5, 0.6) is 0 Å². The van der Waals surface area contributed by atoms with Gasteiger partial charge in [0.15, 0.2) is 0 Å². The Morgan fingerprint density at radius 3 is 2.75 bits per heavy atom. The minimum atomic E-state index is -0.673. The fourth-order valence-corrected chi connectivity index (χ4v) is 2.71. The Balaban J connectivity index is 2.78. The topological polar surface area (TPSA) is 59.2 Å². The van der Waals surface area contributed by atoms with Gasteiger partial charge in [-0.25, -0.2) is 9.18 Å². The lowest BCUT2D eigenvalue weighted by molar-refractivity contribution is 0.0524. The van der Waals surface area contributed by atoms with Crippen LogP contribution in [0.25, 0.3) is 10.9 Å². The van der Waals surface area contributed by atoms with Crippen LogP contribution in [0, 0.1) is 9.39 Å². The van der Waals surface area contributed by atoms with Crippen molar-refractivity contribution >= 4 is 39.5 Å². The molecule has 6 heteroatoms. The van der Waals surface area contributed by atoms with Gasteiger partial charge in [0, 0.05) is 20.7 Å². The van der Waals surface area contributed by atoms with Crippen molar-refractivity contribution in [2.45, 2.75) is 20.3 Å². The van der Waals surface area contributed by atoms with Gasteiger partial charge in [-0.15, -0.1) is 0 Å². The first-order valence-electron chi connectivity index (χ1n) is 6.20. The Morgan fingerprint density at radius 1 is 1.45 bits per heavy atom. The molecule has 0 unspecified atom stereocenters. The molecule has 4 nitrogen and oxygen atoms in total. The van der Waals surface area contributed by atoms with E-state index < -0.39 is 11.4 Å². The van der Waals surface area contributed by atoms with Crippen LogP contribution in [0.2, 0.25) is 0 Å². The van der Waals surface area contributed by atoms with Gasteiger partial charge in [-0.05, 0) is 42.0 Å². The minimum Gasteiger partial charge on any atom is -0.462 e. The molecule has 1 aromatic carbocycles. The normalized spacial score (nSPS) is 10.8. The molecule has 1 heterocycles. The van der Waals surface area contributed by atoms with Gasteiger partial charge in [-0.2, -0.15) is 0 Å². The summed E-state index contributed by atoms with van der Waals surface area (Å²) in [7, 11) is 0. The fraction of sp³-hybridized carbons (Fsp3) is 0.286. The zero-order valence-electron chi connectivity index (χ0n) is 11.0. The van der Waals surface area contributed by atoms with E-state index in [-0.39, 0.29) is 18.0 Å². The summed E-state index contributed by atoms with van der Waals surface area (Å²) < 4.78 is 19.2. The fourth-order valence-electron chi connectivity index (χ4n) is 2.07. The smallest absolute Gasteiger partial charge is 0.343 e. The first kappa shape index (κ1) is 15.0. The molecule has 0 saturated carbocycles. The molecule has 0 aliphatic rings. The van der Waals surface area contributed by atoms with Crippen molar-refractivity contribution in [1.29, 1.82) is 0 Å². The number of H-pyrrole nitrogens is 1. The van der Waals surface area contributed by atoms with Crippen LogP contribution < -0.4 is 5.43 Å². The first-order valence-corrected chi connectivity index (χ1v) is 7.28. The molecule has 2 aromatic rings. The Hall–Kier alpha value is -1.44. The number of halogens is 2. The van der Waals surface area contributed by atoms with E-state index >= 15 is 0 Å². The van der Waals surface area contributed by atoms with Gasteiger partial charge in [0.2, 0.25) is 5.43 Å². The van der Waals surface area contributed by atoms with Crippen LogP contribution in [0.15, 0.2) is 17.1 Å². The van der Waals surface area contributed by atoms with E-state index in [1.54, 1.807) is 6.92 Å². The van der Waals surface area contributed by atoms with E-state index in [2.05, 4.69) is 4.98 Å². The summed E-state index contributed by atoms with van der Waals surface area (Å²) >= 11 is 1.84. The average Bonchev–Trinajstić information content (AvgIpc) is 2.42. The second-order valence-corrected chi connectivity index (χ2v) is 5.34. The highest BCUT2D eigenvalue weighted by molar-refractivity contribution is 14.1. The van der Waals surface area contributed by atoms with Gasteiger partial charge < -0.3 is 9.72 Å². The van der Waals surface area contributed by atoms with Crippen molar-refractivity contribution in [2.24, 2.45) is 0 Å². The van der Waals surface area contributed by atoms with Gasteiger partial charge in [0.05, 0.1) is 12.1 Å². The highest BCUT2D eigenvalue weighted by atomic mass is 127. The largest absolute Gasteiger partial charge is 0.462 e. The van der Waals surface area contributed by atoms with E-state index in [1.165, 1.54) is 12.3 Å². The summed E-state index contributed by atoms with van der Waals surface area (Å²) in [5, 5.41) is 0.304. The lowest BCUT2D eigenvalue weighted by Crippen LogP contribution is -2.19. The van der Waals surface area contributed by atoms with E-state index in [1.807, 2.05) is 29.5 Å². The molecule has 0 spiro atoms. The van der Waals surface area contributed by atoms with Crippen molar-refractivity contribution < 1.29 is 13.9 Å². The number of ether oxygens (including phenoxy) is 1. The molecule has 0 saturated heterocycles. The summed E-state index contributed by atoms with van der Waals surface area (Å²) in [6.07, 6.45) is 1.74. The number of hydrogen-bond donors (Lipinski definition) is 1. The molecule has 0 fully saturated rings. The van der Waals surface area contributed by atoms with E-state index in [0.29, 0.717) is 26.5 Å². The van der Waals surface area contributed by atoms with Gasteiger partial charge in [-0.1, -0.05) is 6.92 Å². The predicted molar refractivity (Wildman–Crippen MR) is 82.6 cm³/mol. The molecular weight excluding hydrogens is 376 g/mol. The number of nitrogens with one attached hydrogen (secondary N) is 1. The van der Waals surface area contributed by atoms with Crippen LogP contribution in [-0.4, -0.2) is 17.6 Å². The molecule has 0 aliphatic carbocycles. The SMILES string of the molecule is CCOC(=O)c1c[nH]c2c(CC)c(F)c(I)cc2c1=O. The minimum absolute atomic E-state index is 0.0659. The maximum atomic E-state index is 14.0. The van der Waals surface area contributed by atoms with Crippen molar-refractivity contribution in [3.8, 4) is 0 Å². The summed E-state index contributed by atoms with van der Waals surface area (Å²) in [4.78, 5) is 26.9. The molecular formula is C14H13FINO3. The second kappa shape index (κ2) is 5.90. The van der Waals surface area contributed by atoms with Gasteiger partial charge in [-0.3, -0.25) is 4.79 Å². The molecule has 0 atom stereocenters. The number of carbonyl (C=O) groups excluding carboxylic acids is 1. The molecule has 0 amide bonds. The number of pyridine rings is 1. The predicted octanol–water partition coefficient (Wildman–Crippen LogP) is 3.01. The van der Waals surface area contributed by atoms with Crippen LogP contribution >= 0.6 is 22.6 Å². The van der Waals surface area contributed by atoms with Crippen LogP contribution in [0.4, 0.5) is 4.39 Å². The standard InChI is InChI=1S/C14H13FINO3/c1-3-7-11(15)10(16)5-8-12(7)17-6-9(13(8)18)14(19)20-4-2/h5-6H,3-4H2,1-2H3,(H,17,18). The molecule has 106 valence electrons. The number of aryl methyl sites for hydroxylation is 1. The summed E-state index contributed by atoms with van der Waals surface area (Å²) in [5.74, 6) is -1.01. The summed E-state index contributed by atoms with van der Waals surface area (Å²) in [6.45, 7) is 3.67. The Kier molecular flexibility index (Phi) is 4.42. The highest BCUT2D eigenvalue weighted by Gasteiger charge is 2.18. The van der Waals surface area contributed by atoms with E-state index in [4.69, 9.17) is 4.74 Å². The molecule has 1 N–H and O–H groups in total. The molecule has 0 bridgehead atoms. The maximum Gasteiger partial charge on any atom is 0.343 e.